The van der Waals surface area contributed by atoms with E-state index >= 15 is 0 Å². The highest BCUT2D eigenvalue weighted by Crippen LogP contribution is 2.37. The number of carbonyl (C=O) groups is 1. The van der Waals surface area contributed by atoms with E-state index in [-0.39, 0.29) is 41.5 Å². The molecule has 0 aromatic heterocycles. The normalized spacial score (nSPS) is 23.2. The lowest BCUT2D eigenvalue weighted by molar-refractivity contribution is -0.132. The second kappa shape index (κ2) is 9.64. The summed E-state index contributed by atoms with van der Waals surface area (Å²) in [6.45, 7) is 3.62. The van der Waals surface area contributed by atoms with E-state index in [2.05, 4.69) is 0 Å². The molecule has 184 valence electrons. The number of carbonyl (C=O) groups excluding carboxylic acids is 1. The predicted molar refractivity (Wildman–Crippen MR) is 126 cm³/mol. The number of rotatable bonds is 6. The Balaban J connectivity index is 1.78. The van der Waals surface area contributed by atoms with Crippen LogP contribution in [0.25, 0.3) is 11.1 Å². The zero-order chi connectivity index (χ0) is 24.6. The summed E-state index contributed by atoms with van der Waals surface area (Å²) in [6.07, 6.45) is 1.28. The van der Waals surface area contributed by atoms with E-state index in [1.54, 1.807) is 49.2 Å². The molecule has 1 N–H and O–H groups in total. The molecule has 1 amide bonds. The molecule has 0 bridgehead atoms. The molecule has 34 heavy (non-hydrogen) atoms. The first-order valence-corrected chi connectivity index (χ1v) is 13.0. The molecule has 1 aliphatic heterocycles. The van der Waals surface area contributed by atoms with E-state index in [0.29, 0.717) is 17.7 Å². The second-order valence-corrected chi connectivity index (χ2v) is 11.2. The summed E-state index contributed by atoms with van der Waals surface area (Å²) in [7, 11) is -2.26. The SMILES string of the molecule is C[C@H](CO)N1C[C@H](C)[C@H](CN(C)C(=O)C2CC2)Oc2cc(-c3ccccc3F)ccc2S1(=O)=O. The Morgan fingerprint density at radius 2 is 1.97 bits per heavy atom. The van der Waals surface area contributed by atoms with Gasteiger partial charge in [0, 0.05) is 37.0 Å². The summed E-state index contributed by atoms with van der Waals surface area (Å²) in [5.74, 6) is -0.471. The van der Waals surface area contributed by atoms with Crippen molar-refractivity contribution in [3.8, 4) is 16.9 Å². The maximum atomic E-state index is 14.5. The van der Waals surface area contributed by atoms with Gasteiger partial charge < -0.3 is 14.7 Å². The van der Waals surface area contributed by atoms with Gasteiger partial charge in [0.25, 0.3) is 0 Å². The van der Waals surface area contributed by atoms with Crippen molar-refractivity contribution < 1.29 is 27.4 Å². The van der Waals surface area contributed by atoms with Crippen LogP contribution in [-0.2, 0) is 14.8 Å². The van der Waals surface area contributed by atoms with Crippen LogP contribution in [0, 0.1) is 17.7 Å². The Morgan fingerprint density at radius 1 is 1.26 bits per heavy atom. The maximum Gasteiger partial charge on any atom is 0.247 e. The highest BCUT2D eigenvalue weighted by molar-refractivity contribution is 7.89. The number of ether oxygens (including phenoxy) is 1. The van der Waals surface area contributed by atoms with E-state index < -0.39 is 28.0 Å². The fourth-order valence-electron chi connectivity index (χ4n) is 4.31. The van der Waals surface area contributed by atoms with Crippen molar-refractivity contribution in [2.75, 3.05) is 26.7 Å². The smallest absolute Gasteiger partial charge is 0.247 e. The third-order valence-electron chi connectivity index (χ3n) is 6.61. The van der Waals surface area contributed by atoms with Crippen LogP contribution in [0.15, 0.2) is 47.4 Å². The van der Waals surface area contributed by atoms with Crippen molar-refractivity contribution in [2.24, 2.45) is 11.8 Å². The van der Waals surface area contributed by atoms with E-state index in [1.165, 1.54) is 16.4 Å². The standard InChI is InChI=1S/C25H31FN2O5S/c1-16-13-28(17(2)15-29)34(31,32)24-11-10-19(20-6-4-5-7-21(20)26)12-22(24)33-23(16)14-27(3)25(30)18-8-9-18/h4-7,10-12,16-18,23,29H,8-9,13-15H2,1-3H3/t16-,17+,23-/m0/s1. The fourth-order valence-corrected chi connectivity index (χ4v) is 6.13. The van der Waals surface area contributed by atoms with E-state index in [1.807, 2.05) is 6.92 Å². The van der Waals surface area contributed by atoms with Gasteiger partial charge in [-0.25, -0.2) is 12.8 Å². The summed E-state index contributed by atoms with van der Waals surface area (Å²) in [4.78, 5) is 14.2. The van der Waals surface area contributed by atoms with Gasteiger partial charge in [-0.2, -0.15) is 4.31 Å². The summed E-state index contributed by atoms with van der Waals surface area (Å²) in [6, 6.07) is 10.1. The third-order valence-corrected chi connectivity index (χ3v) is 8.63. The van der Waals surface area contributed by atoms with E-state index in [4.69, 9.17) is 4.74 Å². The molecule has 0 saturated heterocycles. The first kappa shape index (κ1) is 24.6. The van der Waals surface area contributed by atoms with Crippen molar-refractivity contribution in [1.82, 2.24) is 9.21 Å². The van der Waals surface area contributed by atoms with Crippen LogP contribution in [-0.4, -0.2) is 67.5 Å². The monoisotopic (exact) mass is 490 g/mol. The van der Waals surface area contributed by atoms with Crippen molar-refractivity contribution in [3.63, 3.8) is 0 Å². The Hall–Kier alpha value is -2.49. The molecule has 2 aromatic carbocycles. The molecule has 3 atom stereocenters. The van der Waals surface area contributed by atoms with Gasteiger partial charge in [0.15, 0.2) is 0 Å². The number of sulfonamides is 1. The number of amides is 1. The Morgan fingerprint density at radius 3 is 2.62 bits per heavy atom. The molecule has 0 radical (unpaired) electrons. The van der Waals surface area contributed by atoms with E-state index in [0.717, 1.165) is 12.8 Å². The molecule has 9 heteroatoms. The molecule has 7 nitrogen and oxygen atoms in total. The van der Waals surface area contributed by atoms with Crippen LogP contribution in [0.5, 0.6) is 5.75 Å². The highest BCUT2D eigenvalue weighted by Gasteiger charge is 2.39. The molecule has 1 fully saturated rings. The second-order valence-electron chi connectivity index (χ2n) is 9.37. The number of fused-ring (bicyclic) bond motifs is 1. The highest BCUT2D eigenvalue weighted by atomic mass is 32.2. The molecule has 1 heterocycles. The lowest BCUT2D eigenvalue weighted by atomic mass is 10.0. The summed E-state index contributed by atoms with van der Waals surface area (Å²) in [5.41, 5.74) is 0.822. The molecule has 0 unspecified atom stereocenters. The molecular formula is C25H31FN2O5S. The first-order valence-electron chi connectivity index (χ1n) is 11.6. The van der Waals surface area contributed by atoms with Crippen LogP contribution >= 0.6 is 0 Å². The molecule has 2 aliphatic rings. The zero-order valence-corrected chi connectivity index (χ0v) is 20.5. The van der Waals surface area contributed by atoms with Crippen LogP contribution in [0.2, 0.25) is 0 Å². The first-order chi connectivity index (χ1) is 16.1. The molecule has 2 aromatic rings. The molecule has 1 saturated carbocycles. The lowest BCUT2D eigenvalue weighted by Gasteiger charge is -2.37. The van der Waals surface area contributed by atoms with Crippen LogP contribution in [0.4, 0.5) is 4.39 Å². The summed E-state index contributed by atoms with van der Waals surface area (Å²) >= 11 is 0. The van der Waals surface area contributed by atoms with Crippen molar-refractivity contribution in [3.05, 3.63) is 48.3 Å². The van der Waals surface area contributed by atoms with Gasteiger partial charge in [0.1, 0.15) is 22.6 Å². The average molecular weight is 491 g/mol. The lowest BCUT2D eigenvalue weighted by Crippen LogP contribution is -2.50. The largest absolute Gasteiger partial charge is 0.487 e. The molecular weight excluding hydrogens is 459 g/mol. The number of nitrogens with zero attached hydrogens (tertiary/aromatic N) is 2. The predicted octanol–water partition coefficient (Wildman–Crippen LogP) is 3.13. The number of likely N-dealkylation sites (N-methyl/N-ethyl adjacent to an activating group) is 1. The Kier molecular flexibility index (Phi) is 6.98. The Labute approximate surface area is 200 Å². The number of aliphatic hydroxyl groups excluding tert-OH is 1. The summed E-state index contributed by atoms with van der Waals surface area (Å²) in [5, 5.41) is 9.76. The number of hydrogen-bond donors (Lipinski definition) is 1. The van der Waals surface area contributed by atoms with Gasteiger partial charge >= 0.3 is 0 Å². The minimum Gasteiger partial charge on any atom is -0.487 e. The maximum absolute atomic E-state index is 14.5. The van der Waals surface area contributed by atoms with Crippen molar-refractivity contribution in [2.45, 2.75) is 43.7 Å². The van der Waals surface area contributed by atoms with Gasteiger partial charge in [-0.3, -0.25) is 4.79 Å². The Bertz CT molecular complexity index is 1170. The van der Waals surface area contributed by atoms with Crippen LogP contribution < -0.4 is 4.74 Å². The number of aliphatic hydroxyl groups is 1. The molecule has 4 rings (SSSR count). The average Bonchev–Trinajstić information content (AvgIpc) is 3.66. The minimum atomic E-state index is -3.99. The molecule has 1 aliphatic carbocycles. The summed E-state index contributed by atoms with van der Waals surface area (Å²) < 4.78 is 49.2. The minimum absolute atomic E-state index is 0.0408. The number of hydrogen-bond acceptors (Lipinski definition) is 5. The zero-order valence-electron chi connectivity index (χ0n) is 19.6. The van der Waals surface area contributed by atoms with Gasteiger partial charge in [-0.1, -0.05) is 31.2 Å². The van der Waals surface area contributed by atoms with Gasteiger partial charge in [0.05, 0.1) is 13.2 Å². The third kappa shape index (κ3) is 4.82. The topological polar surface area (TPSA) is 87.2 Å². The number of benzene rings is 2. The van der Waals surface area contributed by atoms with Crippen LogP contribution in [0.3, 0.4) is 0 Å². The van der Waals surface area contributed by atoms with Gasteiger partial charge in [-0.15, -0.1) is 0 Å². The molecule has 0 spiro atoms. The number of halogens is 1. The van der Waals surface area contributed by atoms with Gasteiger partial charge in [-0.05, 0) is 43.5 Å². The van der Waals surface area contributed by atoms with Crippen molar-refractivity contribution >= 4 is 15.9 Å². The fraction of sp³-hybridized carbons (Fsp3) is 0.480. The quantitative estimate of drug-likeness (QED) is 0.672. The van der Waals surface area contributed by atoms with Crippen LogP contribution in [0.1, 0.15) is 26.7 Å². The van der Waals surface area contributed by atoms with E-state index in [9.17, 15) is 22.7 Å². The van der Waals surface area contributed by atoms with Crippen molar-refractivity contribution in [1.29, 1.82) is 0 Å². The van der Waals surface area contributed by atoms with Gasteiger partial charge in [0.2, 0.25) is 15.9 Å².